The molecule has 1 aliphatic rings. The maximum Gasteiger partial charge on any atom is 0.261 e. The van der Waals surface area contributed by atoms with Crippen molar-refractivity contribution < 1.29 is 14.4 Å². The number of benzene rings is 2. The van der Waals surface area contributed by atoms with Crippen LogP contribution in [-0.2, 0) is 4.79 Å². The van der Waals surface area contributed by atoms with Gasteiger partial charge in [-0.1, -0.05) is 30.3 Å². The van der Waals surface area contributed by atoms with Gasteiger partial charge in [-0.25, -0.2) is 0 Å². The molecule has 0 bridgehead atoms. The van der Waals surface area contributed by atoms with Gasteiger partial charge < -0.3 is 5.32 Å². The first kappa shape index (κ1) is 19.2. The van der Waals surface area contributed by atoms with Crippen LogP contribution in [0.3, 0.4) is 0 Å². The molecule has 0 unspecified atom stereocenters. The number of carbonyl (C=O) groups excluding carboxylic acids is 3. The summed E-state index contributed by atoms with van der Waals surface area (Å²) in [5.41, 5.74) is 1.88. The summed E-state index contributed by atoms with van der Waals surface area (Å²) in [4.78, 5) is 40.4. The highest BCUT2D eigenvalue weighted by Crippen LogP contribution is 2.30. The Morgan fingerprint density at radius 3 is 2.45 bits per heavy atom. The molecule has 0 saturated carbocycles. The maximum atomic E-state index is 12.9. The lowest BCUT2D eigenvalue weighted by molar-refractivity contribution is -0.116. The van der Waals surface area contributed by atoms with Crippen molar-refractivity contribution in [2.24, 2.45) is 0 Å². The molecule has 0 fully saturated rings. The van der Waals surface area contributed by atoms with Gasteiger partial charge in [0, 0.05) is 35.5 Å². The molecule has 5 rings (SSSR count). The van der Waals surface area contributed by atoms with Crippen molar-refractivity contribution in [1.82, 2.24) is 15.1 Å². The average Bonchev–Trinajstić information content (AvgIpc) is 3.46. The minimum atomic E-state index is -0.317. The first-order valence-corrected chi connectivity index (χ1v) is 10.8. The molecule has 31 heavy (non-hydrogen) atoms. The van der Waals surface area contributed by atoms with E-state index in [1.165, 1.54) is 4.90 Å². The van der Waals surface area contributed by atoms with Gasteiger partial charge in [-0.15, -0.1) is 11.3 Å². The number of H-pyrrole nitrogens is 1. The van der Waals surface area contributed by atoms with E-state index in [0.717, 1.165) is 16.0 Å². The van der Waals surface area contributed by atoms with Crippen LogP contribution in [0.2, 0.25) is 0 Å². The number of imide groups is 1. The largest absolute Gasteiger partial charge is 0.309 e. The number of nitrogens with one attached hydrogen (secondary N) is 2. The van der Waals surface area contributed by atoms with Crippen LogP contribution in [-0.4, -0.2) is 39.4 Å². The third kappa shape index (κ3) is 3.51. The molecule has 0 saturated heterocycles. The van der Waals surface area contributed by atoms with E-state index in [4.69, 9.17) is 0 Å². The number of hydrogen-bond acceptors (Lipinski definition) is 5. The van der Waals surface area contributed by atoms with Gasteiger partial charge >= 0.3 is 0 Å². The van der Waals surface area contributed by atoms with E-state index >= 15 is 0 Å². The first-order chi connectivity index (χ1) is 15.1. The maximum absolute atomic E-state index is 12.9. The van der Waals surface area contributed by atoms with Gasteiger partial charge in [0.15, 0.2) is 5.82 Å². The first-order valence-electron chi connectivity index (χ1n) is 9.89. The van der Waals surface area contributed by atoms with Crippen LogP contribution >= 0.6 is 11.3 Å². The Morgan fingerprint density at radius 2 is 1.77 bits per heavy atom. The van der Waals surface area contributed by atoms with Crippen molar-refractivity contribution in [3.8, 4) is 10.6 Å². The van der Waals surface area contributed by atoms with Gasteiger partial charge in [-0.05, 0) is 35.4 Å². The quantitative estimate of drug-likeness (QED) is 0.446. The summed E-state index contributed by atoms with van der Waals surface area (Å²) in [6, 6.07) is 16.6. The number of amides is 3. The van der Waals surface area contributed by atoms with E-state index in [2.05, 4.69) is 15.5 Å². The van der Waals surface area contributed by atoms with E-state index in [1.807, 2.05) is 41.8 Å². The summed E-state index contributed by atoms with van der Waals surface area (Å²) in [6.45, 7) is 0.177. The van der Waals surface area contributed by atoms with E-state index < -0.39 is 0 Å². The minimum absolute atomic E-state index is 0.171. The highest BCUT2D eigenvalue weighted by Gasteiger charge is 2.32. The molecule has 8 heteroatoms. The van der Waals surface area contributed by atoms with Crippen LogP contribution in [0.1, 0.15) is 33.6 Å². The van der Waals surface area contributed by atoms with E-state index in [-0.39, 0.29) is 30.7 Å². The minimum Gasteiger partial charge on any atom is -0.309 e. The zero-order chi connectivity index (χ0) is 21.4. The molecule has 7 nitrogen and oxygen atoms in total. The standard InChI is InChI=1S/C23H18N4O3S/c28-20(24-19-13-17(25-26-19)18-9-4-12-31-18)10-3-11-27-22(29)15-7-1-5-14-6-2-8-16(21(14)15)23(27)30/h1-2,4-9,12-13H,3,10-11H2,(H2,24,25,26,28). The van der Waals surface area contributed by atoms with Gasteiger partial charge in [0.1, 0.15) is 0 Å². The topological polar surface area (TPSA) is 95.2 Å². The average molecular weight is 430 g/mol. The van der Waals surface area contributed by atoms with Crippen LogP contribution in [0.15, 0.2) is 60.0 Å². The number of anilines is 1. The van der Waals surface area contributed by atoms with Gasteiger partial charge in [-0.2, -0.15) is 5.10 Å². The SMILES string of the molecule is O=C(CCCN1C(=O)c2cccc3cccc(c23)C1=O)Nc1cc(-c2cccs2)[nH]n1. The summed E-state index contributed by atoms with van der Waals surface area (Å²) >= 11 is 1.58. The lowest BCUT2D eigenvalue weighted by atomic mass is 9.94. The van der Waals surface area contributed by atoms with Crippen LogP contribution in [0, 0.1) is 0 Å². The van der Waals surface area contributed by atoms with Crippen LogP contribution in [0.4, 0.5) is 5.82 Å². The summed E-state index contributed by atoms with van der Waals surface area (Å²) in [5, 5.41) is 13.3. The molecule has 4 aromatic rings. The van der Waals surface area contributed by atoms with Crippen molar-refractivity contribution in [2.75, 3.05) is 11.9 Å². The lowest BCUT2D eigenvalue weighted by Crippen LogP contribution is -2.41. The third-order valence-corrected chi connectivity index (χ3v) is 6.18. The second-order valence-electron chi connectivity index (χ2n) is 7.27. The van der Waals surface area contributed by atoms with Crippen molar-refractivity contribution in [3.05, 3.63) is 71.1 Å². The number of nitrogens with zero attached hydrogens (tertiary/aromatic N) is 2. The van der Waals surface area contributed by atoms with Crippen molar-refractivity contribution >= 4 is 45.6 Å². The van der Waals surface area contributed by atoms with Crippen molar-refractivity contribution in [2.45, 2.75) is 12.8 Å². The van der Waals surface area contributed by atoms with Crippen LogP contribution < -0.4 is 5.32 Å². The Morgan fingerprint density at radius 1 is 1.03 bits per heavy atom. The summed E-state index contributed by atoms with van der Waals surface area (Å²) < 4.78 is 0. The Balaban J connectivity index is 1.22. The molecule has 2 N–H and O–H groups in total. The molecule has 3 heterocycles. The molecule has 0 spiro atoms. The summed E-state index contributed by atoms with van der Waals surface area (Å²) in [7, 11) is 0. The van der Waals surface area contributed by atoms with Gasteiger partial charge in [0.25, 0.3) is 11.8 Å². The monoisotopic (exact) mass is 430 g/mol. The Bertz CT molecular complexity index is 1260. The summed E-state index contributed by atoms with van der Waals surface area (Å²) in [5.74, 6) is -0.409. The smallest absolute Gasteiger partial charge is 0.261 e. The Kier molecular flexibility index (Phi) is 4.83. The number of thiophene rings is 1. The molecule has 0 atom stereocenters. The van der Waals surface area contributed by atoms with Crippen molar-refractivity contribution in [3.63, 3.8) is 0 Å². The predicted molar refractivity (Wildman–Crippen MR) is 119 cm³/mol. The molecule has 1 aliphatic heterocycles. The molecule has 154 valence electrons. The highest BCUT2D eigenvalue weighted by atomic mass is 32.1. The number of carbonyl (C=O) groups is 3. The number of aromatic nitrogens is 2. The Hall–Kier alpha value is -3.78. The molecule has 3 amide bonds. The number of aromatic amines is 1. The molecular formula is C23H18N4O3S. The highest BCUT2D eigenvalue weighted by molar-refractivity contribution is 7.13. The van der Waals surface area contributed by atoms with Gasteiger partial charge in [0.05, 0.1) is 10.6 Å². The fraction of sp³-hybridized carbons (Fsp3) is 0.130. The molecule has 2 aromatic heterocycles. The van der Waals surface area contributed by atoms with Crippen molar-refractivity contribution in [1.29, 1.82) is 0 Å². The molecule has 2 aromatic carbocycles. The number of hydrogen-bond donors (Lipinski definition) is 2. The molecular weight excluding hydrogens is 412 g/mol. The van der Waals surface area contributed by atoms with Gasteiger partial charge in [-0.3, -0.25) is 24.4 Å². The normalized spacial score (nSPS) is 13.1. The Labute approximate surface area is 181 Å². The third-order valence-electron chi connectivity index (χ3n) is 5.27. The molecule has 0 aliphatic carbocycles. The van der Waals surface area contributed by atoms with E-state index in [0.29, 0.717) is 28.8 Å². The fourth-order valence-corrected chi connectivity index (χ4v) is 4.52. The molecule has 0 radical (unpaired) electrons. The zero-order valence-electron chi connectivity index (χ0n) is 16.4. The van der Waals surface area contributed by atoms with E-state index in [1.54, 1.807) is 29.5 Å². The predicted octanol–water partition coefficient (Wildman–Crippen LogP) is 4.31. The fourth-order valence-electron chi connectivity index (χ4n) is 3.83. The number of rotatable bonds is 6. The lowest BCUT2D eigenvalue weighted by Gasteiger charge is -2.27. The van der Waals surface area contributed by atoms with Crippen LogP contribution in [0.5, 0.6) is 0 Å². The van der Waals surface area contributed by atoms with Crippen LogP contribution in [0.25, 0.3) is 21.3 Å². The second kappa shape index (κ2) is 7.81. The van der Waals surface area contributed by atoms with Gasteiger partial charge in [0.2, 0.25) is 5.91 Å². The van der Waals surface area contributed by atoms with E-state index in [9.17, 15) is 14.4 Å². The zero-order valence-corrected chi connectivity index (χ0v) is 17.2. The second-order valence-corrected chi connectivity index (χ2v) is 8.21. The summed E-state index contributed by atoms with van der Waals surface area (Å²) in [6.07, 6.45) is 0.535.